The minimum Gasteiger partial charge on any atom is -0.372 e. The number of hydrogen-bond acceptors (Lipinski definition) is 4. The number of rotatable bonds is 2. The van der Waals surface area contributed by atoms with Gasteiger partial charge in [0, 0.05) is 19.4 Å². The van der Waals surface area contributed by atoms with Crippen LogP contribution in [0.4, 0.5) is 5.82 Å². The highest BCUT2D eigenvalue weighted by Gasteiger charge is 2.02. The molecule has 0 atom stereocenters. The Morgan fingerprint density at radius 2 is 2.21 bits per heavy atom. The third-order valence-electron chi connectivity index (χ3n) is 1.95. The summed E-state index contributed by atoms with van der Waals surface area (Å²) in [5.41, 5.74) is 0. The average molecular weight is 189 g/mol. The van der Waals surface area contributed by atoms with Gasteiger partial charge in [-0.25, -0.2) is 9.97 Å². The zero-order valence-corrected chi connectivity index (χ0v) is 8.10. The van der Waals surface area contributed by atoms with Gasteiger partial charge < -0.3 is 5.32 Å². The molecule has 0 aliphatic heterocycles. The first-order valence-corrected chi connectivity index (χ1v) is 4.31. The lowest BCUT2D eigenvalue weighted by atomic mass is 10.5. The first kappa shape index (κ1) is 8.68. The van der Waals surface area contributed by atoms with Gasteiger partial charge in [0.25, 0.3) is 0 Å². The fourth-order valence-electron chi connectivity index (χ4n) is 1.21. The van der Waals surface area contributed by atoms with Gasteiger partial charge in [-0.2, -0.15) is 0 Å². The van der Waals surface area contributed by atoms with Gasteiger partial charge in [0.1, 0.15) is 11.6 Å². The van der Waals surface area contributed by atoms with E-state index in [-0.39, 0.29) is 0 Å². The quantitative estimate of drug-likeness (QED) is 0.766. The van der Waals surface area contributed by atoms with Crippen LogP contribution in [0.3, 0.4) is 0 Å². The van der Waals surface area contributed by atoms with Crippen molar-refractivity contribution in [3.8, 4) is 5.82 Å². The van der Waals surface area contributed by atoms with Crippen LogP contribution in [0.2, 0.25) is 0 Å². The summed E-state index contributed by atoms with van der Waals surface area (Å²) in [4.78, 5) is 12.5. The van der Waals surface area contributed by atoms with Crippen molar-refractivity contribution >= 4 is 5.82 Å². The molecular formula is C9H11N5. The van der Waals surface area contributed by atoms with Gasteiger partial charge in [0.05, 0.1) is 12.4 Å². The molecule has 0 saturated carbocycles. The van der Waals surface area contributed by atoms with E-state index >= 15 is 0 Å². The summed E-state index contributed by atoms with van der Waals surface area (Å²) >= 11 is 0. The summed E-state index contributed by atoms with van der Waals surface area (Å²) in [5, 5.41) is 2.94. The summed E-state index contributed by atoms with van der Waals surface area (Å²) in [6, 6.07) is 0. The van der Waals surface area contributed by atoms with E-state index in [1.165, 1.54) is 0 Å². The second-order valence-electron chi connectivity index (χ2n) is 2.86. The number of aromatic nitrogens is 4. The Morgan fingerprint density at radius 1 is 1.36 bits per heavy atom. The highest BCUT2D eigenvalue weighted by Crippen LogP contribution is 2.08. The molecule has 5 heteroatoms. The van der Waals surface area contributed by atoms with Crippen molar-refractivity contribution in [2.75, 3.05) is 12.4 Å². The SMILES string of the molecule is CNc1cncc(-n2ccnc2C)n1. The first-order valence-electron chi connectivity index (χ1n) is 4.31. The Bertz CT molecular complexity index is 434. The molecule has 2 aromatic heterocycles. The fraction of sp³-hybridized carbons (Fsp3) is 0.222. The molecule has 1 N–H and O–H groups in total. The summed E-state index contributed by atoms with van der Waals surface area (Å²) in [5.74, 6) is 2.41. The van der Waals surface area contributed by atoms with Crippen LogP contribution in [0, 0.1) is 6.92 Å². The lowest BCUT2D eigenvalue weighted by Crippen LogP contribution is -2.02. The Hall–Kier alpha value is -1.91. The van der Waals surface area contributed by atoms with E-state index in [0.29, 0.717) is 0 Å². The smallest absolute Gasteiger partial charge is 0.159 e. The van der Waals surface area contributed by atoms with Gasteiger partial charge in [0.15, 0.2) is 5.82 Å². The van der Waals surface area contributed by atoms with E-state index in [0.717, 1.165) is 17.5 Å². The molecule has 0 spiro atoms. The molecule has 2 heterocycles. The normalized spacial score (nSPS) is 10.1. The van der Waals surface area contributed by atoms with Crippen LogP contribution in [-0.4, -0.2) is 26.6 Å². The van der Waals surface area contributed by atoms with Crippen molar-refractivity contribution in [1.82, 2.24) is 19.5 Å². The molecule has 72 valence electrons. The van der Waals surface area contributed by atoms with E-state index in [2.05, 4.69) is 20.3 Å². The van der Waals surface area contributed by atoms with Crippen LogP contribution in [0.15, 0.2) is 24.8 Å². The highest BCUT2D eigenvalue weighted by molar-refractivity contribution is 5.35. The minimum atomic E-state index is 0.746. The zero-order valence-electron chi connectivity index (χ0n) is 8.10. The summed E-state index contributed by atoms with van der Waals surface area (Å²) in [7, 11) is 1.81. The van der Waals surface area contributed by atoms with E-state index in [1.54, 1.807) is 18.6 Å². The van der Waals surface area contributed by atoms with E-state index in [1.807, 2.05) is 24.7 Å². The largest absolute Gasteiger partial charge is 0.372 e. The number of nitrogens with zero attached hydrogens (tertiary/aromatic N) is 4. The predicted molar refractivity (Wildman–Crippen MR) is 53.4 cm³/mol. The minimum absolute atomic E-state index is 0.746. The molecule has 0 saturated heterocycles. The van der Waals surface area contributed by atoms with Crippen molar-refractivity contribution in [3.63, 3.8) is 0 Å². The maximum absolute atomic E-state index is 4.34. The molecule has 2 rings (SSSR count). The molecule has 0 amide bonds. The van der Waals surface area contributed by atoms with E-state index in [9.17, 15) is 0 Å². The third-order valence-corrected chi connectivity index (χ3v) is 1.95. The molecule has 0 bridgehead atoms. The van der Waals surface area contributed by atoms with Crippen LogP contribution < -0.4 is 5.32 Å². The second-order valence-corrected chi connectivity index (χ2v) is 2.86. The number of hydrogen-bond donors (Lipinski definition) is 1. The molecule has 0 aliphatic rings. The molecule has 0 fully saturated rings. The van der Waals surface area contributed by atoms with Crippen LogP contribution in [0.25, 0.3) is 5.82 Å². The lowest BCUT2D eigenvalue weighted by Gasteiger charge is -2.04. The van der Waals surface area contributed by atoms with Gasteiger partial charge >= 0.3 is 0 Å². The van der Waals surface area contributed by atoms with Gasteiger partial charge in [-0.05, 0) is 6.92 Å². The predicted octanol–water partition coefficient (Wildman–Crippen LogP) is 1.01. The second kappa shape index (κ2) is 3.45. The van der Waals surface area contributed by atoms with E-state index in [4.69, 9.17) is 0 Å². The highest BCUT2D eigenvalue weighted by atomic mass is 15.1. The standard InChI is InChI=1S/C9H11N5/c1-7-12-3-4-14(7)9-6-11-5-8(10-2)13-9/h3-6H,1-2H3,(H,10,13). The molecule has 14 heavy (non-hydrogen) atoms. The van der Waals surface area contributed by atoms with Crippen molar-refractivity contribution in [3.05, 3.63) is 30.6 Å². The van der Waals surface area contributed by atoms with Crippen LogP contribution in [0.5, 0.6) is 0 Å². The Labute approximate surface area is 81.8 Å². The Balaban J connectivity index is 2.47. The zero-order chi connectivity index (χ0) is 9.97. The molecule has 2 aromatic rings. The van der Waals surface area contributed by atoms with Gasteiger partial charge in [-0.3, -0.25) is 9.55 Å². The maximum Gasteiger partial charge on any atom is 0.159 e. The van der Waals surface area contributed by atoms with Crippen LogP contribution in [-0.2, 0) is 0 Å². The number of aryl methyl sites for hydroxylation is 1. The van der Waals surface area contributed by atoms with Crippen molar-refractivity contribution in [1.29, 1.82) is 0 Å². The van der Waals surface area contributed by atoms with Gasteiger partial charge in [-0.1, -0.05) is 0 Å². The Morgan fingerprint density at radius 3 is 2.86 bits per heavy atom. The lowest BCUT2D eigenvalue weighted by molar-refractivity contribution is 0.920. The molecule has 0 aliphatic carbocycles. The summed E-state index contributed by atoms with van der Waals surface area (Å²) < 4.78 is 1.88. The van der Waals surface area contributed by atoms with Gasteiger partial charge in [0.2, 0.25) is 0 Å². The van der Waals surface area contributed by atoms with Crippen molar-refractivity contribution in [2.45, 2.75) is 6.92 Å². The monoisotopic (exact) mass is 189 g/mol. The summed E-state index contributed by atoms with van der Waals surface area (Å²) in [6.07, 6.45) is 6.98. The summed E-state index contributed by atoms with van der Waals surface area (Å²) in [6.45, 7) is 1.92. The maximum atomic E-state index is 4.34. The number of nitrogens with one attached hydrogen (secondary N) is 1. The fourth-order valence-corrected chi connectivity index (χ4v) is 1.21. The molecule has 0 unspecified atom stereocenters. The van der Waals surface area contributed by atoms with Crippen molar-refractivity contribution in [2.24, 2.45) is 0 Å². The number of imidazole rings is 1. The van der Waals surface area contributed by atoms with E-state index < -0.39 is 0 Å². The molecule has 0 aromatic carbocycles. The average Bonchev–Trinajstić information content (AvgIpc) is 2.65. The van der Waals surface area contributed by atoms with Crippen LogP contribution in [0.1, 0.15) is 5.82 Å². The molecule has 0 radical (unpaired) electrons. The number of anilines is 1. The molecular weight excluding hydrogens is 178 g/mol. The topological polar surface area (TPSA) is 55.6 Å². The third kappa shape index (κ3) is 1.44. The Kier molecular flexibility index (Phi) is 2.14. The molecule has 5 nitrogen and oxygen atoms in total. The van der Waals surface area contributed by atoms with Crippen molar-refractivity contribution < 1.29 is 0 Å². The van der Waals surface area contributed by atoms with Gasteiger partial charge in [-0.15, -0.1) is 0 Å². The first-order chi connectivity index (χ1) is 6.81. The van der Waals surface area contributed by atoms with Crippen LogP contribution >= 0.6 is 0 Å².